The molecule has 2 rings (SSSR count). The average Bonchev–Trinajstić information content (AvgIpc) is 2.71. The topological polar surface area (TPSA) is 70.5 Å². The molecular weight excluding hydrogens is 220 g/mol. The average molecular weight is 230 g/mol. The van der Waals surface area contributed by atoms with Gasteiger partial charge in [-0.3, -0.25) is 4.79 Å². The number of aromatic carboxylic acids is 1. The van der Waals surface area contributed by atoms with Gasteiger partial charge in [0.15, 0.2) is 0 Å². The molecule has 1 N–H and O–H groups in total. The molecule has 0 aromatic carbocycles. The van der Waals surface area contributed by atoms with Crippen molar-refractivity contribution in [2.45, 2.75) is 6.42 Å². The highest BCUT2D eigenvalue weighted by Crippen LogP contribution is 2.23. The summed E-state index contributed by atoms with van der Waals surface area (Å²) in [6.07, 6.45) is 6.98. The third kappa shape index (κ3) is 2.11. The summed E-state index contributed by atoms with van der Waals surface area (Å²) in [4.78, 5) is 27.6. The quantitative estimate of drug-likeness (QED) is 0.762. The highest BCUT2D eigenvalue weighted by Gasteiger charge is 2.29. The number of carboxylic acids is 1. The molecule has 1 amide bonds. The van der Waals surface area contributed by atoms with Gasteiger partial charge in [-0.2, -0.15) is 0 Å². The number of hydrogen-bond donors (Lipinski definition) is 1. The van der Waals surface area contributed by atoms with Crippen LogP contribution in [-0.4, -0.2) is 28.5 Å². The molecule has 0 saturated carbocycles. The summed E-state index contributed by atoms with van der Waals surface area (Å²) < 4.78 is 0. The van der Waals surface area contributed by atoms with E-state index in [9.17, 15) is 9.59 Å². The molecule has 1 fully saturated rings. The van der Waals surface area contributed by atoms with E-state index in [4.69, 9.17) is 11.5 Å². The Bertz CT molecular complexity index is 501. The molecule has 0 spiro atoms. The lowest BCUT2D eigenvalue weighted by molar-refractivity contribution is -0.117. The molecule has 1 aliphatic rings. The predicted molar refractivity (Wildman–Crippen MR) is 60.5 cm³/mol. The van der Waals surface area contributed by atoms with E-state index in [1.165, 1.54) is 17.2 Å². The Balaban J connectivity index is 2.21. The number of rotatable bonds is 2. The van der Waals surface area contributed by atoms with Crippen LogP contribution in [-0.2, 0) is 4.79 Å². The van der Waals surface area contributed by atoms with Gasteiger partial charge in [0.2, 0.25) is 5.91 Å². The fourth-order valence-electron chi connectivity index (χ4n) is 1.74. The first-order valence-electron chi connectivity index (χ1n) is 5.07. The van der Waals surface area contributed by atoms with Gasteiger partial charge in [-0.25, -0.2) is 9.78 Å². The van der Waals surface area contributed by atoms with Crippen molar-refractivity contribution in [1.29, 1.82) is 0 Å². The van der Waals surface area contributed by atoms with Crippen LogP contribution in [0.5, 0.6) is 0 Å². The smallest absolute Gasteiger partial charge is 0.354 e. The largest absolute Gasteiger partial charge is 0.477 e. The molecular formula is C12H10N2O3. The molecule has 5 heteroatoms. The molecule has 0 radical (unpaired) electrons. The third-order valence-corrected chi connectivity index (χ3v) is 2.64. The molecule has 1 aromatic heterocycles. The van der Waals surface area contributed by atoms with Gasteiger partial charge >= 0.3 is 5.97 Å². The van der Waals surface area contributed by atoms with Gasteiger partial charge in [0.1, 0.15) is 5.69 Å². The summed E-state index contributed by atoms with van der Waals surface area (Å²) in [5.41, 5.74) is 0.534. The van der Waals surface area contributed by atoms with Gasteiger partial charge in [0.05, 0.1) is 11.9 Å². The van der Waals surface area contributed by atoms with Crippen molar-refractivity contribution in [3.05, 3.63) is 24.0 Å². The second-order valence-corrected chi connectivity index (χ2v) is 3.78. The molecule has 1 aromatic rings. The van der Waals surface area contributed by atoms with Crippen LogP contribution >= 0.6 is 0 Å². The number of aromatic nitrogens is 1. The Hall–Kier alpha value is -2.35. The van der Waals surface area contributed by atoms with Crippen molar-refractivity contribution >= 4 is 17.6 Å². The first-order chi connectivity index (χ1) is 8.11. The summed E-state index contributed by atoms with van der Waals surface area (Å²) in [5, 5.41) is 8.70. The molecule has 0 aliphatic carbocycles. The minimum Gasteiger partial charge on any atom is -0.477 e. The third-order valence-electron chi connectivity index (χ3n) is 2.64. The highest BCUT2D eigenvalue weighted by molar-refractivity contribution is 5.96. The van der Waals surface area contributed by atoms with Gasteiger partial charge in [-0.15, -0.1) is 12.3 Å². The number of pyridine rings is 1. The van der Waals surface area contributed by atoms with E-state index in [2.05, 4.69) is 10.9 Å². The van der Waals surface area contributed by atoms with Crippen molar-refractivity contribution in [2.75, 3.05) is 11.4 Å². The second-order valence-electron chi connectivity index (χ2n) is 3.78. The number of carboxylic acid groups (broad SMARTS) is 1. The molecule has 86 valence electrons. The van der Waals surface area contributed by atoms with Crippen LogP contribution in [0, 0.1) is 18.3 Å². The maximum absolute atomic E-state index is 11.6. The number of nitrogens with zero attached hydrogens (tertiary/aromatic N) is 2. The van der Waals surface area contributed by atoms with Crippen molar-refractivity contribution < 1.29 is 14.7 Å². The lowest BCUT2D eigenvalue weighted by Gasteiger charge is -2.15. The van der Waals surface area contributed by atoms with Gasteiger partial charge in [-0.05, 0) is 12.1 Å². The van der Waals surface area contributed by atoms with E-state index in [0.717, 1.165) is 0 Å². The van der Waals surface area contributed by atoms with Crippen LogP contribution < -0.4 is 4.90 Å². The van der Waals surface area contributed by atoms with Gasteiger partial charge in [0.25, 0.3) is 0 Å². The standard InChI is InChI=1S/C12H10N2O3/c1-2-8-5-11(15)14(7-8)9-3-4-10(12(16)17)13-6-9/h1,3-4,6,8H,5,7H2,(H,16,17). The minimum absolute atomic E-state index is 0.0473. The summed E-state index contributed by atoms with van der Waals surface area (Å²) in [5.74, 6) is 1.32. The maximum Gasteiger partial charge on any atom is 0.354 e. The van der Waals surface area contributed by atoms with E-state index in [0.29, 0.717) is 18.7 Å². The molecule has 1 aliphatic heterocycles. The SMILES string of the molecule is C#CC1CC(=O)N(c2ccc(C(=O)O)nc2)C1. The number of hydrogen-bond acceptors (Lipinski definition) is 3. The van der Waals surface area contributed by atoms with E-state index in [1.807, 2.05) is 0 Å². The first-order valence-corrected chi connectivity index (χ1v) is 5.07. The van der Waals surface area contributed by atoms with Gasteiger partial charge in [0, 0.05) is 18.9 Å². The van der Waals surface area contributed by atoms with E-state index < -0.39 is 5.97 Å². The normalized spacial score (nSPS) is 19.1. The number of anilines is 1. The Morgan fingerprint density at radius 1 is 1.59 bits per heavy atom. The zero-order valence-corrected chi connectivity index (χ0v) is 8.96. The Morgan fingerprint density at radius 2 is 2.35 bits per heavy atom. The Morgan fingerprint density at radius 3 is 2.82 bits per heavy atom. The highest BCUT2D eigenvalue weighted by atomic mass is 16.4. The van der Waals surface area contributed by atoms with E-state index in [1.54, 1.807) is 6.07 Å². The predicted octanol–water partition coefficient (Wildman–Crippen LogP) is 0.766. The molecule has 2 heterocycles. The Kier molecular flexibility index (Phi) is 2.79. The number of terminal acetylenes is 1. The van der Waals surface area contributed by atoms with Gasteiger partial charge < -0.3 is 10.0 Å². The fraction of sp³-hybridized carbons (Fsp3) is 0.250. The van der Waals surface area contributed by atoms with Crippen molar-refractivity contribution in [2.24, 2.45) is 5.92 Å². The summed E-state index contributed by atoms with van der Waals surface area (Å²) in [6.45, 7) is 0.462. The molecule has 1 saturated heterocycles. The number of amides is 1. The zero-order valence-electron chi connectivity index (χ0n) is 8.96. The lowest BCUT2D eigenvalue weighted by Crippen LogP contribution is -2.24. The van der Waals surface area contributed by atoms with Crippen LogP contribution in [0.1, 0.15) is 16.9 Å². The molecule has 0 bridgehead atoms. The van der Waals surface area contributed by atoms with Crippen LogP contribution in [0.25, 0.3) is 0 Å². The molecule has 1 atom stereocenters. The monoisotopic (exact) mass is 230 g/mol. The second kappa shape index (κ2) is 4.26. The van der Waals surface area contributed by atoms with Crippen LogP contribution in [0.3, 0.4) is 0 Å². The van der Waals surface area contributed by atoms with E-state index >= 15 is 0 Å². The molecule has 5 nitrogen and oxygen atoms in total. The first kappa shape index (κ1) is 11.1. The minimum atomic E-state index is -1.09. The summed E-state index contributed by atoms with van der Waals surface area (Å²) >= 11 is 0. The summed E-state index contributed by atoms with van der Waals surface area (Å²) in [6, 6.07) is 2.93. The Labute approximate surface area is 98.1 Å². The van der Waals surface area contributed by atoms with Gasteiger partial charge in [-0.1, -0.05) is 0 Å². The molecule has 17 heavy (non-hydrogen) atoms. The fourth-order valence-corrected chi connectivity index (χ4v) is 1.74. The van der Waals surface area contributed by atoms with Crippen LogP contribution in [0.2, 0.25) is 0 Å². The van der Waals surface area contributed by atoms with Crippen molar-refractivity contribution in [3.63, 3.8) is 0 Å². The lowest BCUT2D eigenvalue weighted by atomic mass is 10.1. The van der Waals surface area contributed by atoms with Crippen LogP contribution in [0.4, 0.5) is 5.69 Å². The van der Waals surface area contributed by atoms with Crippen molar-refractivity contribution in [1.82, 2.24) is 4.98 Å². The molecule has 1 unspecified atom stereocenters. The maximum atomic E-state index is 11.6. The number of carbonyl (C=O) groups is 2. The van der Waals surface area contributed by atoms with E-state index in [-0.39, 0.29) is 17.5 Å². The van der Waals surface area contributed by atoms with Crippen LogP contribution in [0.15, 0.2) is 18.3 Å². The number of carbonyl (C=O) groups excluding carboxylic acids is 1. The summed E-state index contributed by atoms with van der Waals surface area (Å²) in [7, 11) is 0. The van der Waals surface area contributed by atoms with Crippen molar-refractivity contribution in [3.8, 4) is 12.3 Å². The zero-order chi connectivity index (χ0) is 12.4.